The Morgan fingerprint density at radius 3 is 2.70 bits per heavy atom. The summed E-state index contributed by atoms with van der Waals surface area (Å²) in [6.07, 6.45) is -4.77. The van der Waals surface area contributed by atoms with Gasteiger partial charge < -0.3 is 19.7 Å². The number of fused-ring (bicyclic) bond motifs is 1. The highest BCUT2D eigenvalue weighted by Crippen LogP contribution is 2.32. The zero-order valence-electron chi connectivity index (χ0n) is 15.7. The summed E-state index contributed by atoms with van der Waals surface area (Å²) in [6.45, 7) is -0.801. The van der Waals surface area contributed by atoms with Crippen molar-refractivity contribution >= 4 is 34.8 Å². The molecule has 2 aromatic rings. The highest BCUT2D eigenvalue weighted by molar-refractivity contribution is 6.31. The number of hydrogen-bond acceptors (Lipinski definition) is 4. The van der Waals surface area contributed by atoms with Gasteiger partial charge in [-0.3, -0.25) is 9.59 Å². The molecule has 0 aliphatic carbocycles. The van der Waals surface area contributed by atoms with Crippen molar-refractivity contribution in [3.05, 3.63) is 47.5 Å². The Balaban J connectivity index is 1.60. The van der Waals surface area contributed by atoms with E-state index in [9.17, 15) is 22.8 Å². The van der Waals surface area contributed by atoms with Gasteiger partial charge in [0, 0.05) is 17.9 Å². The summed E-state index contributed by atoms with van der Waals surface area (Å²) in [5, 5.41) is 2.67. The molecule has 1 N–H and O–H groups in total. The van der Waals surface area contributed by atoms with Gasteiger partial charge in [-0.25, -0.2) is 0 Å². The first-order valence-corrected chi connectivity index (χ1v) is 9.42. The van der Waals surface area contributed by atoms with Crippen LogP contribution in [-0.2, 0) is 9.59 Å². The Morgan fingerprint density at radius 1 is 1.17 bits per heavy atom. The maximum Gasteiger partial charge on any atom is 0.422 e. The first-order valence-electron chi connectivity index (χ1n) is 9.04. The van der Waals surface area contributed by atoms with Crippen LogP contribution in [-0.4, -0.2) is 37.7 Å². The van der Waals surface area contributed by atoms with Crippen LogP contribution in [0.1, 0.15) is 12.8 Å². The number of carbonyl (C=O) groups is 2. The molecule has 0 saturated carbocycles. The predicted molar refractivity (Wildman–Crippen MR) is 105 cm³/mol. The third-order valence-electron chi connectivity index (χ3n) is 4.20. The highest BCUT2D eigenvalue weighted by Gasteiger charge is 2.29. The molecule has 160 valence electrons. The molecular formula is C20H18ClF3N2O4. The zero-order chi connectivity index (χ0) is 21.7. The van der Waals surface area contributed by atoms with E-state index in [0.717, 1.165) is 0 Å². The second kappa shape index (κ2) is 9.25. The number of alkyl halides is 3. The van der Waals surface area contributed by atoms with Crippen LogP contribution in [0.15, 0.2) is 42.5 Å². The van der Waals surface area contributed by atoms with Gasteiger partial charge in [-0.1, -0.05) is 23.7 Å². The zero-order valence-corrected chi connectivity index (χ0v) is 16.4. The smallest absolute Gasteiger partial charge is 0.422 e. The number of nitrogens with zero attached hydrogens (tertiary/aromatic N) is 1. The number of hydrogen-bond donors (Lipinski definition) is 1. The van der Waals surface area contributed by atoms with E-state index in [1.54, 1.807) is 29.2 Å². The van der Waals surface area contributed by atoms with E-state index in [-0.39, 0.29) is 35.2 Å². The van der Waals surface area contributed by atoms with Crippen LogP contribution in [0.3, 0.4) is 0 Å². The largest absolute Gasteiger partial charge is 0.490 e. The number of benzene rings is 2. The van der Waals surface area contributed by atoms with Crippen molar-refractivity contribution in [1.82, 2.24) is 0 Å². The first-order chi connectivity index (χ1) is 14.2. The Kier molecular flexibility index (Phi) is 6.71. The number of nitrogens with one attached hydrogen (secondary N) is 1. The van der Waals surface area contributed by atoms with E-state index in [1.165, 1.54) is 18.2 Å². The van der Waals surface area contributed by atoms with E-state index in [4.69, 9.17) is 21.1 Å². The molecule has 2 aromatic carbocycles. The fraction of sp³-hybridized carbons (Fsp3) is 0.300. The molecule has 0 unspecified atom stereocenters. The van der Waals surface area contributed by atoms with Gasteiger partial charge in [0.05, 0.1) is 17.9 Å². The van der Waals surface area contributed by atoms with Crippen LogP contribution >= 0.6 is 11.6 Å². The van der Waals surface area contributed by atoms with E-state index in [2.05, 4.69) is 5.32 Å². The van der Waals surface area contributed by atoms with E-state index >= 15 is 0 Å². The van der Waals surface area contributed by atoms with Gasteiger partial charge in [-0.2, -0.15) is 13.2 Å². The minimum absolute atomic E-state index is 0.000849. The Labute approximate surface area is 175 Å². The summed E-state index contributed by atoms with van der Waals surface area (Å²) in [5.74, 6) is -0.394. The fourth-order valence-electron chi connectivity index (χ4n) is 2.88. The van der Waals surface area contributed by atoms with E-state index in [0.29, 0.717) is 24.6 Å². The van der Waals surface area contributed by atoms with Crippen molar-refractivity contribution in [1.29, 1.82) is 0 Å². The van der Waals surface area contributed by atoms with E-state index < -0.39 is 18.7 Å². The third kappa shape index (κ3) is 5.79. The molecule has 0 atom stereocenters. The van der Waals surface area contributed by atoms with Crippen LogP contribution < -0.4 is 19.7 Å². The van der Waals surface area contributed by atoms with E-state index in [1.807, 2.05) is 0 Å². The molecule has 1 aliphatic rings. The topological polar surface area (TPSA) is 67.9 Å². The number of halogens is 4. The molecule has 0 aromatic heterocycles. The number of carbonyl (C=O) groups excluding carboxylic acids is 2. The summed E-state index contributed by atoms with van der Waals surface area (Å²) in [6, 6.07) is 10.9. The van der Waals surface area contributed by atoms with Gasteiger partial charge in [0.2, 0.25) is 11.8 Å². The van der Waals surface area contributed by atoms with Gasteiger partial charge in [0.25, 0.3) is 0 Å². The molecule has 6 nitrogen and oxygen atoms in total. The van der Waals surface area contributed by atoms with Crippen molar-refractivity contribution in [2.75, 3.05) is 30.0 Å². The minimum Gasteiger partial charge on any atom is -0.490 e. The van der Waals surface area contributed by atoms with Crippen molar-refractivity contribution in [2.45, 2.75) is 19.0 Å². The maximum absolute atomic E-state index is 12.6. The Morgan fingerprint density at radius 2 is 1.93 bits per heavy atom. The van der Waals surface area contributed by atoms with Crippen LogP contribution in [0.2, 0.25) is 5.02 Å². The molecule has 1 aliphatic heterocycles. The Hall–Kier alpha value is -2.94. The fourth-order valence-corrected chi connectivity index (χ4v) is 3.05. The average Bonchev–Trinajstić information content (AvgIpc) is 2.70. The molecule has 0 fully saturated rings. The minimum atomic E-state index is -4.53. The number of rotatable bonds is 6. The summed E-state index contributed by atoms with van der Waals surface area (Å²) >= 11 is 5.87. The molecule has 30 heavy (non-hydrogen) atoms. The molecule has 1 heterocycles. The average molecular weight is 443 g/mol. The van der Waals surface area contributed by atoms with Crippen LogP contribution in [0.4, 0.5) is 24.5 Å². The summed E-state index contributed by atoms with van der Waals surface area (Å²) < 4.78 is 47.5. The lowest BCUT2D eigenvalue weighted by molar-refractivity contribution is -0.153. The van der Waals surface area contributed by atoms with Crippen molar-refractivity contribution in [3.8, 4) is 11.5 Å². The summed E-state index contributed by atoms with van der Waals surface area (Å²) in [5.41, 5.74) is 0.632. The van der Waals surface area contributed by atoms with Gasteiger partial charge in [-0.05, 0) is 30.3 Å². The highest BCUT2D eigenvalue weighted by atomic mass is 35.5. The lowest BCUT2D eigenvalue weighted by atomic mass is 10.2. The third-order valence-corrected chi connectivity index (χ3v) is 4.44. The van der Waals surface area contributed by atoms with Crippen LogP contribution in [0, 0.1) is 0 Å². The van der Waals surface area contributed by atoms with Gasteiger partial charge >= 0.3 is 6.18 Å². The summed E-state index contributed by atoms with van der Waals surface area (Å²) in [7, 11) is 0. The van der Waals surface area contributed by atoms with Gasteiger partial charge in [0.15, 0.2) is 6.61 Å². The number of para-hydroxylation sites is 2. The van der Waals surface area contributed by atoms with Crippen molar-refractivity contribution in [2.24, 2.45) is 0 Å². The monoisotopic (exact) mass is 442 g/mol. The standard InChI is InChI=1S/C20H18ClF3N2O4/c21-13-5-6-16(30-12-20(22,23)24)14(11-13)25-18(27)7-8-19(28)26-9-10-29-17-4-2-1-3-15(17)26/h1-6,11H,7-10,12H2,(H,25,27). The SMILES string of the molecule is O=C(CCC(=O)N1CCOc2ccccc21)Nc1cc(Cl)ccc1OCC(F)(F)F. The molecule has 3 rings (SSSR count). The van der Waals surface area contributed by atoms with Gasteiger partial charge in [-0.15, -0.1) is 0 Å². The van der Waals surface area contributed by atoms with Crippen LogP contribution in [0.25, 0.3) is 0 Å². The predicted octanol–water partition coefficient (Wildman–Crippen LogP) is 4.43. The maximum atomic E-state index is 12.6. The second-order valence-electron chi connectivity index (χ2n) is 6.45. The second-order valence-corrected chi connectivity index (χ2v) is 6.89. The molecule has 10 heteroatoms. The van der Waals surface area contributed by atoms with Crippen LogP contribution in [0.5, 0.6) is 11.5 Å². The van der Waals surface area contributed by atoms with Crippen molar-refractivity contribution in [3.63, 3.8) is 0 Å². The molecule has 0 bridgehead atoms. The number of anilines is 2. The normalized spacial score (nSPS) is 13.3. The number of ether oxygens (including phenoxy) is 2. The molecular weight excluding hydrogens is 425 g/mol. The lowest BCUT2D eigenvalue weighted by Crippen LogP contribution is -2.38. The number of amides is 2. The van der Waals surface area contributed by atoms with Crippen molar-refractivity contribution < 1.29 is 32.2 Å². The molecule has 0 spiro atoms. The Bertz CT molecular complexity index is 937. The molecule has 0 saturated heterocycles. The first kappa shape index (κ1) is 21.8. The summed E-state index contributed by atoms with van der Waals surface area (Å²) in [4.78, 5) is 26.4. The van der Waals surface area contributed by atoms with Gasteiger partial charge in [0.1, 0.15) is 18.1 Å². The molecule has 2 amide bonds. The quantitative estimate of drug-likeness (QED) is 0.719. The lowest BCUT2D eigenvalue weighted by Gasteiger charge is -2.29. The molecule has 0 radical (unpaired) electrons.